The molecule has 0 radical (unpaired) electrons. The molecule has 2 aromatic rings. The summed E-state index contributed by atoms with van der Waals surface area (Å²) in [5.41, 5.74) is 3.82. The molecule has 0 N–H and O–H groups in total. The van der Waals surface area contributed by atoms with E-state index in [1.54, 1.807) is 17.4 Å². The highest BCUT2D eigenvalue weighted by Crippen LogP contribution is 2.30. The van der Waals surface area contributed by atoms with Crippen LogP contribution in [0.1, 0.15) is 4.88 Å². The lowest BCUT2D eigenvalue weighted by Crippen LogP contribution is -1.80. The molecule has 0 spiro atoms. The summed E-state index contributed by atoms with van der Waals surface area (Å²) in [7, 11) is 0. The third-order valence-corrected chi connectivity index (χ3v) is 3.43. The van der Waals surface area contributed by atoms with Gasteiger partial charge in [0.05, 0.1) is 21.2 Å². The Balaban J connectivity index is 2.53. The van der Waals surface area contributed by atoms with Crippen LogP contribution >= 0.6 is 34.5 Å². The van der Waals surface area contributed by atoms with Gasteiger partial charge in [-0.05, 0) is 19.1 Å². The maximum Gasteiger partial charge on any atom is 0.0840 e. The fourth-order valence-corrected chi connectivity index (χ4v) is 2.12. The van der Waals surface area contributed by atoms with Crippen molar-refractivity contribution in [1.29, 1.82) is 0 Å². The summed E-state index contributed by atoms with van der Waals surface area (Å²) in [6.07, 6.45) is 0. The monoisotopic (exact) mass is 243 g/mol. The van der Waals surface area contributed by atoms with Gasteiger partial charge in [-0.2, -0.15) is 0 Å². The normalized spacial score (nSPS) is 10.5. The number of benzene rings is 1. The van der Waals surface area contributed by atoms with Gasteiger partial charge in [0.15, 0.2) is 0 Å². The highest BCUT2D eigenvalue weighted by Gasteiger charge is 2.06. The van der Waals surface area contributed by atoms with Crippen molar-refractivity contribution in [2.24, 2.45) is 0 Å². The molecule has 0 saturated carbocycles. The van der Waals surface area contributed by atoms with Gasteiger partial charge < -0.3 is 0 Å². The first-order valence-electron chi connectivity index (χ1n) is 4.04. The molecular formula is C10H7Cl2NS. The standard InChI is InChI=1S/C10H7Cl2NS/c1-6-10(13-5-14-6)7-2-3-8(11)9(12)4-7/h2-5H,1H3. The van der Waals surface area contributed by atoms with Gasteiger partial charge in [0.25, 0.3) is 0 Å². The van der Waals surface area contributed by atoms with Crippen molar-refractivity contribution in [1.82, 2.24) is 4.98 Å². The van der Waals surface area contributed by atoms with Crippen molar-refractivity contribution < 1.29 is 0 Å². The molecule has 0 aliphatic carbocycles. The summed E-state index contributed by atoms with van der Waals surface area (Å²) < 4.78 is 0. The van der Waals surface area contributed by atoms with E-state index in [1.807, 2.05) is 24.6 Å². The fourth-order valence-electron chi connectivity index (χ4n) is 1.23. The fraction of sp³-hybridized carbons (Fsp3) is 0.100. The Morgan fingerprint density at radius 2 is 2.00 bits per heavy atom. The molecule has 1 heterocycles. The number of nitrogens with zero attached hydrogens (tertiary/aromatic N) is 1. The zero-order chi connectivity index (χ0) is 10.1. The zero-order valence-electron chi connectivity index (χ0n) is 7.42. The van der Waals surface area contributed by atoms with Crippen LogP contribution in [0.2, 0.25) is 10.0 Å². The summed E-state index contributed by atoms with van der Waals surface area (Å²) in [4.78, 5) is 5.46. The largest absolute Gasteiger partial charge is 0.244 e. The van der Waals surface area contributed by atoms with Crippen LogP contribution in [0.5, 0.6) is 0 Å². The Bertz CT molecular complexity index is 465. The van der Waals surface area contributed by atoms with E-state index in [1.165, 1.54) is 4.88 Å². The summed E-state index contributed by atoms with van der Waals surface area (Å²) in [6.45, 7) is 2.04. The lowest BCUT2D eigenvalue weighted by atomic mass is 10.1. The van der Waals surface area contributed by atoms with E-state index in [9.17, 15) is 0 Å². The van der Waals surface area contributed by atoms with Gasteiger partial charge in [0.2, 0.25) is 0 Å². The van der Waals surface area contributed by atoms with Crippen LogP contribution in [0.4, 0.5) is 0 Å². The van der Waals surface area contributed by atoms with Crippen LogP contribution in [0, 0.1) is 6.92 Å². The molecule has 0 unspecified atom stereocenters. The maximum absolute atomic E-state index is 5.93. The van der Waals surface area contributed by atoms with Gasteiger partial charge in [-0.1, -0.05) is 29.3 Å². The van der Waals surface area contributed by atoms with Crippen LogP contribution in [0.3, 0.4) is 0 Å². The molecule has 1 aromatic carbocycles. The first-order chi connectivity index (χ1) is 6.68. The average molecular weight is 244 g/mol. The van der Waals surface area contributed by atoms with E-state index < -0.39 is 0 Å². The molecule has 0 bridgehead atoms. The predicted octanol–water partition coefficient (Wildman–Crippen LogP) is 4.43. The van der Waals surface area contributed by atoms with Crippen molar-refractivity contribution in [2.75, 3.05) is 0 Å². The van der Waals surface area contributed by atoms with E-state index in [2.05, 4.69) is 4.98 Å². The summed E-state index contributed by atoms with van der Waals surface area (Å²) >= 11 is 13.4. The highest BCUT2D eigenvalue weighted by molar-refractivity contribution is 7.10. The highest BCUT2D eigenvalue weighted by atomic mass is 35.5. The molecule has 0 amide bonds. The van der Waals surface area contributed by atoms with E-state index in [-0.39, 0.29) is 0 Å². The maximum atomic E-state index is 5.93. The minimum absolute atomic E-state index is 0.566. The smallest absolute Gasteiger partial charge is 0.0840 e. The summed E-state index contributed by atoms with van der Waals surface area (Å²) in [5, 5.41) is 1.14. The van der Waals surface area contributed by atoms with Crippen LogP contribution in [-0.2, 0) is 0 Å². The van der Waals surface area contributed by atoms with Gasteiger partial charge >= 0.3 is 0 Å². The molecule has 2 rings (SSSR count). The Morgan fingerprint density at radius 3 is 2.57 bits per heavy atom. The average Bonchev–Trinajstić information content (AvgIpc) is 2.57. The third-order valence-electron chi connectivity index (χ3n) is 1.94. The van der Waals surface area contributed by atoms with Crippen molar-refractivity contribution in [3.63, 3.8) is 0 Å². The molecule has 14 heavy (non-hydrogen) atoms. The summed E-state index contributed by atoms with van der Waals surface area (Å²) in [5.74, 6) is 0. The van der Waals surface area contributed by atoms with Gasteiger partial charge in [-0.25, -0.2) is 4.98 Å². The molecule has 1 aromatic heterocycles. The van der Waals surface area contributed by atoms with Crippen molar-refractivity contribution in [3.8, 4) is 11.3 Å². The van der Waals surface area contributed by atoms with Gasteiger partial charge in [-0.3, -0.25) is 0 Å². The minimum atomic E-state index is 0.566. The van der Waals surface area contributed by atoms with Crippen molar-refractivity contribution >= 4 is 34.5 Å². The first kappa shape index (κ1) is 9.97. The van der Waals surface area contributed by atoms with Crippen molar-refractivity contribution in [3.05, 3.63) is 38.6 Å². The second-order valence-corrected chi connectivity index (χ2v) is 4.76. The molecule has 4 heteroatoms. The number of thiazole rings is 1. The number of hydrogen-bond donors (Lipinski definition) is 0. The molecule has 0 fully saturated rings. The molecule has 0 saturated heterocycles. The molecule has 0 aliphatic rings. The van der Waals surface area contributed by atoms with Crippen LogP contribution in [0.25, 0.3) is 11.3 Å². The SMILES string of the molecule is Cc1scnc1-c1ccc(Cl)c(Cl)c1. The number of aromatic nitrogens is 1. The van der Waals surface area contributed by atoms with E-state index in [0.717, 1.165) is 11.3 Å². The number of halogens is 2. The second kappa shape index (κ2) is 3.89. The molecule has 0 atom stereocenters. The Labute approximate surface area is 96.3 Å². The minimum Gasteiger partial charge on any atom is -0.244 e. The molecule has 72 valence electrons. The first-order valence-corrected chi connectivity index (χ1v) is 5.67. The quantitative estimate of drug-likeness (QED) is 0.723. The topological polar surface area (TPSA) is 12.9 Å². The lowest BCUT2D eigenvalue weighted by molar-refractivity contribution is 1.38. The van der Waals surface area contributed by atoms with E-state index in [4.69, 9.17) is 23.2 Å². The number of hydrogen-bond acceptors (Lipinski definition) is 2. The molecule has 0 aliphatic heterocycles. The Kier molecular flexibility index (Phi) is 2.77. The molecule has 1 nitrogen and oxygen atoms in total. The second-order valence-electron chi connectivity index (χ2n) is 2.89. The Hall–Kier alpha value is -0.570. The number of aryl methyl sites for hydroxylation is 1. The number of rotatable bonds is 1. The van der Waals surface area contributed by atoms with Crippen LogP contribution in [0.15, 0.2) is 23.7 Å². The Morgan fingerprint density at radius 1 is 1.21 bits per heavy atom. The third kappa shape index (κ3) is 1.78. The van der Waals surface area contributed by atoms with Crippen molar-refractivity contribution in [2.45, 2.75) is 6.92 Å². The van der Waals surface area contributed by atoms with E-state index >= 15 is 0 Å². The van der Waals surface area contributed by atoms with Gasteiger partial charge in [0.1, 0.15) is 0 Å². The molecular weight excluding hydrogens is 237 g/mol. The predicted molar refractivity (Wildman–Crippen MR) is 62.3 cm³/mol. The zero-order valence-corrected chi connectivity index (χ0v) is 9.75. The van der Waals surface area contributed by atoms with Crippen LogP contribution in [-0.4, -0.2) is 4.98 Å². The lowest BCUT2D eigenvalue weighted by Gasteiger charge is -2.00. The van der Waals surface area contributed by atoms with E-state index in [0.29, 0.717) is 10.0 Å². The van der Waals surface area contributed by atoms with Crippen LogP contribution < -0.4 is 0 Å². The summed E-state index contributed by atoms with van der Waals surface area (Å²) in [6, 6.07) is 5.56. The van der Waals surface area contributed by atoms with Gasteiger partial charge in [0, 0.05) is 10.4 Å². The van der Waals surface area contributed by atoms with Gasteiger partial charge in [-0.15, -0.1) is 11.3 Å².